The van der Waals surface area contributed by atoms with Crippen LogP contribution in [-0.4, -0.2) is 24.4 Å². The second-order valence-electron chi connectivity index (χ2n) is 9.19. The molecule has 0 aliphatic heterocycles. The van der Waals surface area contributed by atoms with E-state index < -0.39 is 0 Å². The van der Waals surface area contributed by atoms with Gasteiger partial charge in [-0.15, -0.1) is 10.2 Å². The van der Waals surface area contributed by atoms with E-state index in [1.165, 1.54) is 0 Å². The van der Waals surface area contributed by atoms with Crippen LogP contribution in [0.3, 0.4) is 0 Å². The molecule has 7 aromatic rings. The molecule has 7 heteroatoms. The molecule has 4 aromatic carbocycles. The highest BCUT2D eigenvalue weighted by atomic mass is 15.4. The maximum atomic E-state index is 5.15. The molecule has 7 rings (SSSR count). The van der Waals surface area contributed by atoms with Crippen LogP contribution in [0.25, 0.3) is 44.8 Å². The minimum absolute atomic E-state index is 0.566. The van der Waals surface area contributed by atoms with Crippen molar-refractivity contribution in [1.82, 2.24) is 24.4 Å². The molecular formula is C32H23N7. The smallest absolute Gasteiger partial charge is 0.204 e. The van der Waals surface area contributed by atoms with Gasteiger partial charge in [-0.3, -0.25) is 0 Å². The molecule has 0 bridgehead atoms. The Morgan fingerprint density at radius 1 is 0.615 bits per heavy atom. The zero-order valence-corrected chi connectivity index (χ0v) is 21.2. The third-order valence-corrected chi connectivity index (χ3v) is 6.64. The monoisotopic (exact) mass is 505 g/mol. The van der Waals surface area contributed by atoms with E-state index >= 15 is 0 Å². The van der Waals surface area contributed by atoms with E-state index in [0.29, 0.717) is 17.2 Å². The molecule has 3 heterocycles. The molecule has 0 saturated carbocycles. The summed E-state index contributed by atoms with van der Waals surface area (Å²) in [5.74, 6) is 0.566. The van der Waals surface area contributed by atoms with Crippen LogP contribution in [0.1, 0.15) is 5.69 Å². The molecule has 0 fully saturated rings. The first kappa shape index (κ1) is 22.7. The Bertz CT molecular complexity index is 1940. The van der Waals surface area contributed by atoms with Crippen LogP contribution in [0.2, 0.25) is 0 Å². The van der Waals surface area contributed by atoms with E-state index in [2.05, 4.69) is 29.4 Å². The highest BCUT2D eigenvalue weighted by Gasteiger charge is 2.25. The van der Waals surface area contributed by atoms with Gasteiger partial charge in [0.15, 0.2) is 5.65 Å². The Balaban J connectivity index is 1.59. The number of hydrogen-bond acceptors (Lipinski definition) is 5. The number of rotatable bonds is 5. The number of imidazole rings is 1. The van der Waals surface area contributed by atoms with E-state index in [1.54, 1.807) is 4.52 Å². The van der Waals surface area contributed by atoms with Gasteiger partial charge in [-0.2, -0.15) is 14.7 Å². The van der Waals surface area contributed by atoms with Crippen LogP contribution < -0.4 is 0 Å². The molecule has 39 heavy (non-hydrogen) atoms. The zero-order valence-electron chi connectivity index (χ0n) is 21.2. The van der Waals surface area contributed by atoms with Gasteiger partial charge in [-0.25, -0.2) is 9.67 Å². The van der Waals surface area contributed by atoms with Crippen LogP contribution in [0.15, 0.2) is 132 Å². The van der Waals surface area contributed by atoms with Crippen LogP contribution in [0.4, 0.5) is 11.5 Å². The summed E-state index contributed by atoms with van der Waals surface area (Å²) >= 11 is 0. The summed E-state index contributed by atoms with van der Waals surface area (Å²) in [6.07, 6.45) is 0. The van der Waals surface area contributed by atoms with Crippen LogP contribution in [-0.2, 0) is 0 Å². The normalized spacial score (nSPS) is 11.6. The second-order valence-corrected chi connectivity index (χ2v) is 9.19. The lowest BCUT2D eigenvalue weighted by Crippen LogP contribution is -1.98. The lowest BCUT2D eigenvalue weighted by atomic mass is 10.1. The van der Waals surface area contributed by atoms with E-state index in [1.807, 2.05) is 109 Å². The Labute approximate surface area is 224 Å². The highest BCUT2D eigenvalue weighted by molar-refractivity contribution is 6.05. The number of nitrogens with zero attached hydrogens (tertiary/aromatic N) is 7. The van der Waals surface area contributed by atoms with E-state index in [-0.39, 0.29) is 0 Å². The van der Waals surface area contributed by atoms with Gasteiger partial charge in [0.2, 0.25) is 5.82 Å². The number of para-hydroxylation sites is 1. The van der Waals surface area contributed by atoms with Gasteiger partial charge in [-0.1, -0.05) is 97.1 Å². The van der Waals surface area contributed by atoms with Crippen LogP contribution in [0.5, 0.6) is 0 Å². The Morgan fingerprint density at radius 3 is 1.87 bits per heavy atom. The Morgan fingerprint density at radius 2 is 1.21 bits per heavy atom. The van der Waals surface area contributed by atoms with Crippen molar-refractivity contribution in [3.8, 4) is 28.2 Å². The summed E-state index contributed by atoms with van der Waals surface area (Å²) < 4.78 is 3.78. The first-order valence-corrected chi connectivity index (χ1v) is 12.7. The van der Waals surface area contributed by atoms with Crippen molar-refractivity contribution in [2.75, 3.05) is 0 Å². The first-order chi connectivity index (χ1) is 19.3. The maximum Gasteiger partial charge on any atom is 0.204 e. The lowest BCUT2D eigenvalue weighted by Gasteiger charge is -2.08. The molecule has 0 unspecified atom stereocenters. The fraction of sp³-hybridized carbons (Fsp3) is 0.0312. The molecule has 0 spiro atoms. The summed E-state index contributed by atoms with van der Waals surface area (Å²) in [7, 11) is 0. The largest absolute Gasteiger partial charge is 0.232 e. The summed E-state index contributed by atoms with van der Waals surface area (Å²) in [6, 6.07) is 40.1. The average Bonchev–Trinajstić information content (AvgIpc) is 3.58. The highest BCUT2D eigenvalue weighted by Crippen LogP contribution is 2.39. The maximum absolute atomic E-state index is 5.15. The fourth-order valence-electron chi connectivity index (χ4n) is 4.84. The fourth-order valence-corrected chi connectivity index (χ4v) is 4.84. The van der Waals surface area contributed by atoms with Crippen LogP contribution >= 0.6 is 0 Å². The molecule has 0 aliphatic carbocycles. The van der Waals surface area contributed by atoms with Gasteiger partial charge in [0.1, 0.15) is 11.2 Å². The molecule has 0 aliphatic rings. The standard InChI is InChI=1S/C32H23N7/c1-22-28-27(30(24-16-8-3-9-17-24)38(37-28)26-20-12-5-13-21-26)31-33-29(23-14-6-2-7-15-23)32(39(31)36-22)35-34-25-18-10-4-11-19-25/h2-21H,1H3. The van der Waals surface area contributed by atoms with Crippen molar-refractivity contribution >= 4 is 28.1 Å². The van der Waals surface area contributed by atoms with Crippen molar-refractivity contribution in [3.63, 3.8) is 0 Å². The molecule has 186 valence electrons. The van der Waals surface area contributed by atoms with Gasteiger partial charge >= 0.3 is 0 Å². The lowest BCUT2D eigenvalue weighted by molar-refractivity contribution is 0.882. The summed E-state index contributed by atoms with van der Waals surface area (Å²) in [5, 5.41) is 20.1. The number of fused-ring (bicyclic) bond motifs is 3. The predicted octanol–water partition coefficient (Wildman–Crippen LogP) is 8.13. The molecule has 7 nitrogen and oxygen atoms in total. The minimum atomic E-state index is 0.566. The molecule has 0 atom stereocenters. The van der Waals surface area contributed by atoms with Gasteiger partial charge in [0, 0.05) is 11.1 Å². The number of benzene rings is 4. The molecule has 0 saturated heterocycles. The molecular weight excluding hydrogens is 482 g/mol. The van der Waals surface area contributed by atoms with Crippen LogP contribution in [0, 0.1) is 6.92 Å². The van der Waals surface area contributed by atoms with E-state index in [4.69, 9.17) is 20.3 Å². The van der Waals surface area contributed by atoms with Gasteiger partial charge in [0.25, 0.3) is 0 Å². The Kier molecular flexibility index (Phi) is 5.52. The average molecular weight is 506 g/mol. The van der Waals surface area contributed by atoms with Crippen molar-refractivity contribution in [2.24, 2.45) is 10.2 Å². The van der Waals surface area contributed by atoms with E-state index in [0.717, 1.165) is 44.8 Å². The topological polar surface area (TPSA) is 72.7 Å². The summed E-state index contributed by atoms with van der Waals surface area (Å²) in [5.41, 5.74) is 7.59. The SMILES string of the molecule is Cc1nn2c(N=Nc3ccccc3)c(-c3ccccc3)nc2c2c(-c3ccccc3)n(-c3ccccc3)nc12. The van der Waals surface area contributed by atoms with Crippen molar-refractivity contribution in [3.05, 3.63) is 127 Å². The molecule has 3 aromatic heterocycles. The van der Waals surface area contributed by atoms with Gasteiger partial charge in [0.05, 0.1) is 28.1 Å². The number of aryl methyl sites for hydroxylation is 1. The quantitative estimate of drug-likeness (QED) is 0.222. The van der Waals surface area contributed by atoms with Gasteiger partial charge in [-0.05, 0) is 31.2 Å². The van der Waals surface area contributed by atoms with Crippen molar-refractivity contribution < 1.29 is 0 Å². The third kappa shape index (κ3) is 3.97. The molecule has 0 N–H and O–H groups in total. The summed E-state index contributed by atoms with van der Waals surface area (Å²) in [6.45, 7) is 1.97. The number of hydrogen-bond donors (Lipinski definition) is 0. The summed E-state index contributed by atoms with van der Waals surface area (Å²) in [4.78, 5) is 5.15. The predicted molar refractivity (Wildman–Crippen MR) is 154 cm³/mol. The number of azo groups is 1. The van der Waals surface area contributed by atoms with Crippen molar-refractivity contribution in [1.29, 1.82) is 0 Å². The molecule has 0 radical (unpaired) electrons. The van der Waals surface area contributed by atoms with E-state index in [9.17, 15) is 0 Å². The first-order valence-electron chi connectivity index (χ1n) is 12.7. The minimum Gasteiger partial charge on any atom is -0.232 e. The Hall–Kier alpha value is -5.43. The second kappa shape index (κ2) is 9.46. The number of aromatic nitrogens is 5. The van der Waals surface area contributed by atoms with Gasteiger partial charge < -0.3 is 0 Å². The van der Waals surface area contributed by atoms with Crippen molar-refractivity contribution in [2.45, 2.75) is 6.92 Å². The zero-order chi connectivity index (χ0) is 26.2. The third-order valence-electron chi connectivity index (χ3n) is 6.64. The molecule has 0 amide bonds.